The summed E-state index contributed by atoms with van der Waals surface area (Å²) in [5.41, 5.74) is 2.46. The largest absolute Gasteiger partial charge is 0.434 e. The van der Waals surface area contributed by atoms with E-state index in [1.54, 1.807) is 24.3 Å². The zero-order valence-corrected chi connectivity index (χ0v) is 13.9. The number of aromatic nitrogens is 1. The van der Waals surface area contributed by atoms with Crippen molar-refractivity contribution in [3.63, 3.8) is 0 Å². The zero-order valence-electron chi connectivity index (χ0n) is 13.1. The summed E-state index contributed by atoms with van der Waals surface area (Å²) in [6, 6.07) is 14.8. The van der Waals surface area contributed by atoms with Crippen LogP contribution in [0.2, 0.25) is 0 Å². The number of hydrogen-bond acceptors (Lipinski definition) is 3. The molecule has 2 aromatic carbocycles. The molecule has 0 aliphatic rings. The van der Waals surface area contributed by atoms with E-state index in [4.69, 9.17) is 0 Å². The Bertz CT molecular complexity index is 884. The van der Waals surface area contributed by atoms with Crippen molar-refractivity contribution in [2.24, 2.45) is 0 Å². The predicted octanol–water partition coefficient (Wildman–Crippen LogP) is 5.39. The van der Waals surface area contributed by atoms with Gasteiger partial charge < -0.3 is 0 Å². The second-order valence-corrected chi connectivity index (χ2v) is 6.29. The number of carbonyl (C=O) groups excluding carboxylic acids is 1. The molecule has 0 aliphatic carbocycles. The third kappa shape index (κ3) is 4.06. The van der Waals surface area contributed by atoms with Crippen LogP contribution in [0, 0.1) is 6.92 Å². The number of halogens is 3. The Morgan fingerprint density at radius 2 is 1.56 bits per heavy atom. The third-order valence-corrected chi connectivity index (χ3v) is 4.30. The van der Waals surface area contributed by atoms with Crippen molar-refractivity contribution in [3.8, 4) is 11.1 Å². The summed E-state index contributed by atoms with van der Waals surface area (Å²) >= 11 is 0.738. The number of nitrogens with one attached hydrogen (secondary N) is 1. The predicted molar refractivity (Wildman–Crippen MR) is 91.7 cm³/mol. The molecule has 7 heteroatoms. The van der Waals surface area contributed by atoms with Gasteiger partial charge in [0.05, 0.1) is 0 Å². The van der Waals surface area contributed by atoms with Crippen molar-refractivity contribution in [3.05, 3.63) is 70.7 Å². The van der Waals surface area contributed by atoms with Crippen LogP contribution in [0.15, 0.2) is 53.9 Å². The van der Waals surface area contributed by atoms with Gasteiger partial charge in [0.25, 0.3) is 5.91 Å². The Balaban J connectivity index is 1.72. The second kappa shape index (κ2) is 6.68. The summed E-state index contributed by atoms with van der Waals surface area (Å²) in [4.78, 5) is 15.5. The molecule has 1 heterocycles. The minimum Gasteiger partial charge on any atom is -0.298 e. The van der Waals surface area contributed by atoms with Crippen molar-refractivity contribution >= 4 is 22.4 Å². The number of hydrogen-bond donors (Lipinski definition) is 1. The Morgan fingerprint density at radius 1 is 1.00 bits per heavy atom. The van der Waals surface area contributed by atoms with Gasteiger partial charge in [0.15, 0.2) is 10.8 Å². The first-order chi connectivity index (χ1) is 11.8. The maximum Gasteiger partial charge on any atom is 0.434 e. The fraction of sp³-hybridized carbons (Fsp3) is 0.111. The Hall–Kier alpha value is -2.67. The fourth-order valence-electron chi connectivity index (χ4n) is 2.19. The van der Waals surface area contributed by atoms with E-state index in [-0.39, 0.29) is 5.13 Å². The number of nitrogens with zero attached hydrogens (tertiary/aromatic N) is 1. The summed E-state index contributed by atoms with van der Waals surface area (Å²) in [5, 5.41) is 3.17. The molecule has 0 aliphatic heterocycles. The summed E-state index contributed by atoms with van der Waals surface area (Å²) in [6.07, 6.45) is -4.52. The van der Waals surface area contributed by atoms with E-state index < -0.39 is 17.8 Å². The highest BCUT2D eigenvalue weighted by atomic mass is 32.1. The van der Waals surface area contributed by atoms with Crippen LogP contribution in [0.5, 0.6) is 0 Å². The maximum absolute atomic E-state index is 12.5. The molecule has 3 nitrogen and oxygen atoms in total. The molecule has 128 valence electrons. The number of rotatable bonds is 3. The van der Waals surface area contributed by atoms with Gasteiger partial charge in [-0.25, -0.2) is 4.98 Å². The lowest BCUT2D eigenvalue weighted by molar-refractivity contribution is -0.140. The van der Waals surface area contributed by atoms with E-state index in [2.05, 4.69) is 10.3 Å². The van der Waals surface area contributed by atoms with Gasteiger partial charge in [-0.15, -0.1) is 11.3 Å². The number of aryl methyl sites for hydroxylation is 1. The van der Waals surface area contributed by atoms with Gasteiger partial charge in [0, 0.05) is 10.9 Å². The van der Waals surface area contributed by atoms with E-state index in [0.717, 1.165) is 33.4 Å². The van der Waals surface area contributed by atoms with Gasteiger partial charge in [0.1, 0.15) is 0 Å². The SMILES string of the molecule is Cc1ccc(-c2ccc(C(=O)Nc3nc(C(F)(F)F)cs3)cc2)cc1. The highest BCUT2D eigenvalue weighted by Crippen LogP contribution is 2.31. The Labute approximate surface area is 146 Å². The van der Waals surface area contributed by atoms with Crippen molar-refractivity contribution < 1.29 is 18.0 Å². The smallest absolute Gasteiger partial charge is 0.298 e. The lowest BCUT2D eigenvalue weighted by atomic mass is 10.0. The minimum absolute atomic E-state index is 0.0834. The number of anilines is 1. The standard InChI is InChI=1S/C18H13F3N2OS/c1-11-2-4-12(5-3-11)13-6-8-14(9-7-13)16(24)23-17-22-15(10-25-17)18(19,20)21/h2-10H,1H3,(H,22,23,24). The Morgan fingerprint density at radius 3 is 2.08 bits per heavy atom. The van der Waals surface area contributed by atoms with Crippen molar-refractivity contribution in [1.29, 1.82) is 0 Å². The topological polar surface area (TPSA) is 42.0 Å². The first kappa shape index (κ1) is 17.2. The molecule has 0 saturated heterocycles. The van der Waals surface area contributed by atoms with Crippen LogP contribution in [0.3, 0.4) is 0 Å². The van der Waals surface area contributed by atoms with Gasteiger partial charge in [0.2, 0.25) is 0 Å². The summed E-state index contributed by atoms with van der Waals surface area (Å²) in [5.74, 6) is -0.501. The van der Waals surface area contributed by atoms with Crippen molar-refractivity contribution in [2.75, 3.05) is 5.32 Å². The molecule has 1 aromatic heterocycles. The van der Waals surface area contributed by atoms with E-state index >= 15 is 0 Å². The molecule has 0 radical (unpaired) electrons. The number of thiazole rings is 1. The molecule has 0 atom stereocenters. The molecule has 0 unspecified atom stereocenters. The average molecular weight is 362 g/mol. The second-order valence-electron chi connectivity index (χ2n) is 5.43. The first-order valence-corrected chi connectivity index (χ1v) is 8.22. The number of benzene rings is 2. The molecule has 1 N–H and O–H groups in total. The van der Waals surface area contributed by atoms with Crippen LogP contribution >= 0.6 is 11.3 Å². The van der Waals surface area contributed by atoms with E-state index in [1.165, 1.54) is 0 Å². The Kier molecular flexibility index (Phi) is 4.59. The lowest BCUT2D eigenvalue weighted by Gasteiger charge is -2.05. The van der Waals surface area contributed by atoms with Gasteiger partial charge in [-0.2, -0.15) is 13.2 Å². The van der Waals surface area contributed by atoms with Gasteiger partial charge in [-0.1, -0.05) is 42.0 Å². The summed E-state index contributed by atoms with van der Waals surface area (Å²) < 4.78 is 37.6. The molecule has 25 heavy (non-hydrogen) atoms. The molecular weight excluding hydrogens is 349 g/mol. The number of amides is 1. The van der Waals surface area contributed by atoms with E-state index in [9.17, 15) is 18.0 Å². The maximum atomic E-state index is 12.5. The van der Waals surface area contributed by atoms with Crippen molar-refractivity contribution in [2.45, 2.75) is 13.1 Å². The van der Waals surface area contributed by atoms with Gasteiger partial charge in [-0.05, 0) is 30.2 Å². The third-order valence-electron chi connectivity index (χ3n) is 3.55. The van der Waals surface area contributed by atoms with Gasteiger partial charge in [-0.3, -0.25) is 10.1 Å². The fourth-order valence-corrected chi connectivity index (χ4v) is 2.90. The zero-order chi connectivity index (χ0) is 18.0. The van der Waals surface area contributed by atoms with Crippen LogP contribution in [-0.2, 0) is 6.18 Å². The molecule has 1 amide bonds. The molecule has 3 rings (SSSR count). The van der Waals surface area contributed by atoms with E-state index in [0.29, 0.717) is 5.56 Å². The summed E-state index contributed by atoms with van der Waals surface area (Å²) in [7, 11) is 0. The number of carbonyl (C=O) groups is 1. The number of alkyl halides is 3. The molecule has 0 spiro atoms. The highest BCUT2D eigenvalue weighted by Gasteiger charge is 2.33. The molecule has 0 bridgehead atoms. The minimum atomic E-state index is -4.52. The van der Waals surface area contributed by atoms with Crippen LogP contribution in [-0.4, -0.2) is 10.9 Å². The summed E-state index contributed by atoms with van der Waals surface area (Å²) in [6.45, 7) is 2.00. The quantitative estimate of drug-likeness (QED) is 0.679. The van der Waals surface area contributed by atoms with Gasteiger partial charge >= 0.3 is 6.18 Å². The highest BCUT2D eigenvalue weighted by molar-refractivity contribution is 7.14. The van der Waals surface area contributed by atoms with Crippen molar-refractivity contribution in [1.82, 2.24) is 4.98 Å². The van der Waals surface area contributed by atoms with Crippen LogP contribution in [0.1, 0.15) is 21.6 Å². The molecule has 0 fully saturated rings. The molecule has 3 aromatic rings. The van der Waals surface area contributed by atoms with Crippen LogP contribution < -0.4 is 5.32 Å². The molecular formula is C18H13F3N2OS. The van der Waals surface area contributed by atoms with E-state index in [1.807, 2.05) is 31.2 Å². The lowest BCUT2D eigenvalue weighted by Crippen LogP contribution is -2.12. The monoisotopic (exact) mass is 362 g/mol. The average Bonchev–Trinajstić information content (AvgIpc) is 3.04. The molecule has 0 saturated carbocycles. The normalized spacial score (nSPS) is 11.4. The van der Waals surface area contributed by atoms with Crippen LogP contribution in [0.4, 0.5) is 18.3 Å². The first-order valence-electron chi connectivity index (χ1n) is 7.34. The van der Waals surface area contributed by atoms with Crippen LogP contribution in [0.25, 0.3) is 11.1 Å².